The predicted octanol–water partition coefficient (Wildman–Crippen LogP) is 2.98. The van der Waals surface area contributed by atoms with Crippen molar-refractivity contribution in [1.29, 1.82) is 0 Å². The Morgan fingerprint density at radius 1 is 1.25 bits per heavy atom. The standard InChI is InChI=1S/C12H18ClN3/c1-16(11-5-3-2-4-6-11)12-14-8-10(7-13)9-15-12/h8-9,11H,2-7H2,1H3. The first-order valence-corrected chi connectivity index (χ1v) is 6.44. The molecule has 0 N–H and O–H groups in total. The molecule has 88 valence electrons. The minimum Gasteiger partial charge on any atom is -0.341 e. The van der Waals surface area contributed by atoms with Gasteiger partial charge in [-0.1, -0.05) is 19.3 Å². The van der Waals surface area contributed by atoms with Crippen molar-refractivity contribution in [2.24, 2.45) is 0 Å². The predicted molar refractivity (Wildman–Crippen MR) is 66.9 cm³/mol. The normalized spacial score (nSPS) is 17.4. The van der Waals surface area contributed by atoms with Gasteiger partial charge in [0.05, 0.1) is 5.88 Å². The quantitative estimate of drug-likeness (QED) is 0.760. The average molecular weight is 240 g/mol. The summed E-state index contributed by atoms with van der Waals surface area (Å²) >= 11 is 5.71. The van der Waals surface area contributed by atoms with Crippen molar-refractivity contribution in [3.63, 3.8) is 0 Å². The van der Waals surface area contributed by atoms with Gasteiger partial charge in [-0.2, -0.15) is 0 Å². The van der Waals surface area contributed by atoms with Crippen LogP contribution in [-0.4, -0.2) is 23.1 Å². The second-order valence-electron chi connectivity index (χ2n) is 4.43. The number of alkyl halides is 1. The highest BCUT2D eigenvalue weighted by molar-refractivity contribution is 6.17. The third-order valence-electron chi connectivity index (χ3n) is 3.28. The van der Waals surface area contributed by atoms with Gasteiger partial charge in [-0.3, -0.25) is 0 Å². The van der Waals surface area contributed by atoms with Gasteiger partial charge in [-0.15, -0.1) is 11.6 Å². The van der Waals surface area contributed by atoms with Crippen LogP contribution >= 0.6 is 11.6 Å². The van der Waals surface area contributed by atoms with E-state index in [2.05, 4.69) is 21.9 Å². The van der Waals surface area contributed by atoms with E-state index >= 15 is 0 Å². The maximum absolute atomic E-state index is 5.71. The molecule has 1 aliphatic rings. The number of anilines is 1. The highest BCUT2D eigenvalue weighted by atomic mass is 35.5. The summed E-state index contributed by atoms with van der Waals surface area (Å²) < 4.78 is 0. The molecule has 0 spiro atoms. The van der Waals surface area contributed by atoms with E-state index in [9.17, 15) is 0 Å². The van der Waals surface area contributed by atoms with E-state index in [-0.39, 0.29) is 0 Å². The summed E-state index contributed by atoms with van der Waals surface area (Å²) in [5.41, 5.74) is 0.975. The van der Waals surface area contributed by atoms with Crippen LogP contribution in [0.3, 0.4) is 0 Å². The summed E-state index contributed by atoms with van der Waals surface area (Å²) in [6, 6.07) is 0.607. The molecule has 0 aromatic carbocycles. The largest absolute Gasteiger partial charge is 0.341 e. The molecule has 0 aliphatic heterocycles. The fourth-order valence-electron chi connectivity index (χ4n) is 2.23. The van der Waals surface area contributed by atoms with Gasteiger partial charge >= 0.3 is 0 Å². The summed E-state index contributed by atoms with van der Waals surface area (Å²) in [5, 5.41) is 0. The Labute approximate surface area is 102 Å². The van der Waals surface area contributed by atoms with Crippen LogP contribution in [-0.2, 0) is 5.88 Å². The molecular weight excluding hydrogens is 222 g/mol. The molecule has 0 amide bonds. The van der Waals surface area contributed by atoms with E-state index < -0.39 is 0 Å². The summed E-state index contributed by atoms with van der Waals surface area (Å²) in [6.07, 6.45) is 10.2. The van der Waals surface area contributed by atoms with Gasteiger partial charge in [-0.05, 0) is 12.8 Å². The lowest BCUT2D eigenvalue weighted by Gasteiger charge is -2.31. The lowest BCUT2D eigenvalue weighted by Crippen LogP contribution is -2.34. The molecule has 1 aromatic rings. The Balaban J connectivity index is 2.04. The smallest absolute Gasteiger partial charge is 0.225 e. The SMILES string of the molecule is CN(c1ncc(CCl)cn1)C1CCCCC1. The van der Waals surface area contributed by atoms with Crippen LogP contribution in [0.1, 0.15) is 37.7 Å². The molecule has 1 aliphatic carbocycles. The van der Waals surface area contributed by atoms with E-state index in [1.165, 1.54) is 32.1 Å². The van der Waals surface area contributed by atoms with Crippen molar-refractivity contribution in [3.05, 3.63) is 18.0 Å². The molecule has 0 bridgehead atoms. The average Bonchev–Trinajstić information content (AvgIpc) is 2.39. The first kappa shape index (κ1) is 11.6. The van der Waals surface area contributed by atoms with E-state index in [1.54, 1.807) is 0 Å². The van der Waals surface area contributed by atoms with Crippen molar-refractivity contribution < 1.29 is 0 Å². The molecule has 0 atom stereocenters. The van der Waals surface area contributed by atoms with E-state index in [1.807, 2.05) is 12.4 Å². The number of halogens is 1. The van der Waals surface area contributed by atoms with Crippen molar-refractivity contribution >= 4 is 17.5 Å². The first-order valence-electron chi connectivity index (χ1n) is 5.91. The Hall–Kier alpha value is -0.830. The second-order valence-corrected chi connectivity index (χ2v) is 4.69. The molecule has 0 saturated heterocycles. The summed E-state index contributed by atoms with van der Waals surface area (Å²) in [5.74, 6) is 1.30. The lowest BCUT2D eigenvalue weighted by atomic mass is 9.95. The number of hydrogen-bond donors (Lipinski definition) is 0. The van der Waals surface area contributed by atoms with Gasteiger partial charge in [0.1, 0.15) is 0 Å². The second kappa shape index (κ2) is 5.48. The highest BCUT2D eigenvalue weighted by Crippen LogP contribution is 2.23. The van der Waals surface area contributed by atoms with E-state index in [0.29, 0.717) is 11.9 Å². The topological polar surface area (TPSA) is 29.0 Å². The molecule has 0 radical (unpaired) electrons. The summed E-state index contributed by atoms with van der Waals surface area (Å²) in [6.45, 7) is 0. The van der Waals surface area contributed by atoms with Gasteiger partial charge in [0.2, 0.25) is 5.95 Å². The van der Waals surface area contributed by atoms with Crippen molar-refractivity contribution in [2.75, 3.05) is 11.9 Å². The van der Waals surface area contributed by atoms with Gasteiger partial charge in [0.15, 0.2) is 0 Å². The molecule has 16 heavy (non-hydrogen) atoms. The van der Waals surface area contributed by atoms with E-state index in [0.717, 1.165) is 11.5 Å². The van der Waals surface area contributed by atoms with Crippen LogP contribution in [0.25, 0.3) is 0 Å². The minimum atomic E-state index is 0.480. The summed E-state index contributed by atoms with van der Waals surface area (Å²) in [7, 11) is 2.09. The zero-order valence-corrected chi connectivity index (χ0v) is 10.5. The Kier molecular flexibility index (Phi) is 3.99. The Bertz CT molecular complexity index is 320. The van der Waals surface area contributed by atoms with Gasteiger partial charge < -0.3 is 4.90 Å². The van der Waals surface area contributed by atoms with Crippen LogP contribution in [0.4, 0.5) is 5.95 Å². The molecule has 1 heterocycles. The van der Waals surface area contributed by atoms with Crippen LogP contribution in [0.5, 0.6) is 0 Å². The molecule has 3 nitrogen and oxygen atoms in total. The molecule has 4 heteroatoms. The van der Waals surface area contributed by atoms with Crippen molar-refractivity contribution in [2.45, 2.75) is 44.0 Å². The monoisotopic (exact) mass is 239 g/mol. The van der Waals surface area contributed by atoms with Crippen LogP contribution < -0.4 is 4.90 Å². The maximum atomic E-state index is 5.71. The van der Waals surface area contributed by atoms with Crippen LogP contribution in [0.2, 0.25) is 0 Å². The van der Waals surface area contributed by atoms with Crippen LogP contribution in [0.15, 0.2) is 12.4 Å². The molecule has 1 aromatic heterocycles. The lowest BCUT2D eigenvalue weighted by molar-refractivity contribution is 0.424. The zero-order valence-electron chi connectivity index (χ0n) is 9.69. The molecule has 2 rings (SSSR count). The molecule has 1 saturated carbocycles. The van der Waals surface area contributed by atoms with Gasteiger partial charge in [-0.25, -0.2) is 9.97 Å². The number of aromatic nitrogens is 2. The van der Waals surface area contributed by atoms with Crippen molar-refractivity contribution in [1.82, 2.24) is 9.97 Å². The van der Waals surface area contributed by atoms with Crippen molar-refractivity contribution in [3.8, 4) is 0 Å². The number of nitrogens with zero attached hydrogens (tertiary/aromatic N) is 3. The Morgan fingerprint density at radius 3 is 2.44 bits per heavy atom. The molecule has 1 fully saturated rings. The minimum absolute atomic E-state index is 0.480. The Morgan fingerprint density at radius 2 is 1.88 bits per heavy atom. The first-order chi connectivity index (χ1) is 7.81. The maximum Gasteiger partial charge on any atom is 0.225 e. The molecule has 0 unspecified atom stereocenters. The fraction of sp³-hybridized carbons (Fsp3) is 0.667. The van der Waals surface area contributed by atoms with Gasteiger partial charge in [0.25, 0.3) is 0 Å². The third kappa shape index (κ3) is 2.64. The zero-order chi connectivity index (χ0) is 11.4. The van der Waals surface area contributed by atoms with Gasteiger partial charge in [0, 0.05) is 31.0 Å². The number of hydrogen-bond acceptors (Lipinski definition) is 3. The number of rotatable bonds is 3. The fourth-order valence-corrected chi connectivity index (χ4v) is 2.37. The highest BCUT2D eigenvalue weighted by Gasteiger charge is 2.19. The third-order valence-corrected chi connectivity index (χ3v) is 3.59. The summed E-state index contributed by atoms with van der Waals surface area (Å²) in [4.78, 5) is 10.9. The van der Waals surface area contributed by atoms with E-state index in [4.69, 9.17) is 11.6 Å². The van der Waals surface area contributed by atoms with Crippen LogP contribution in [0, 0.1) is 0 Å². The molecular formula is C12H18ClN3.